The quantitative estimate of drug-likeness (QED) is 0.660. The van der Waals surface area contributed by atoms with Gasteiger partial charge in [0.1, 0.15) is 0 Å². The van der Waals surface area contributed by atoms with E-state index in [1.165, 1.54) is 0 Å². The molecule has 1 rings (SSSR count). The van der Waals surface area contributed by atoms with Crippen molar-refractivity contribution in [1.29, 1.82) is 0 Å². The minimum Gasteiger partial charge on any atom is -0.399 e. The molecule has 0 amide bonds. The summed E-state index contributed by atoms with van der Waals surface area (Å²) in [6, 6.07) is 3.68. The number of nitrogen functional groups attached to an aromatic ring is 1. The van der Waals surface area contributed by atoms with E-state index in [9.17, 15) is 13.2 Å². The van der Waals surface area contributed by atoms with Crippen LogP contribution < -0.4 is 5.73 Å². The van der Waals surface area contributed by atoms with Gasteiger partial charge >= 0.3 is 6.18 Å². The van der Waals surface area contributed by atoms with E-state index in [1.54, 1.807) is 6.07 Å². The number of anilines is 1. The smallest absolute Gasteiger partial charge is 0.399 e. The van der Waals surface area contributed by atoms with Crippen LogP contribution in [0.25, 0.3) is 0 Å². The molecule has 4 heteroatoms. The highest BCUT2D eigenvalue weighted by Gasteiger charge is 2.32. The van der Waals surface area contributed by atoms with Gasteiger partial charge in [0, 0.05) is 5.69 Å². The van der Waals surface area contributed by atoms with Crippen LogP contribution in [0.15, 0.2) is 18.2 Å². The molecule has 1 aromatic rings. The topological polar surface area (TPSA) is 26.0 Å². The van der Waals surface area contributed by atoms with Crippen molar-refractivity contribution >= 4 is 5.69 Å². The fraction of sp³-hybridized carbons (Fsp3) is 0.455. The molecule has 0 unspecified atom stereocenters. The first kappa shape index (κ1) is 11.9. The fourth-order valence-electron chi connectivity index (χ4n) is 1.25. The van der Waals surface area contributed by atoms with Crippen molar-refractivity contribution in [2.24, 2.45) is 0 Å². The number of benzene rings is 1. The lowest BCUT2D eigenvalue weighted by molar-refractivity contribution is -0.137. The molecule has 0 saturated carbocycles. The van der Waals surface area contributed by atoms with Crippen molar-refractivity contribution in [2.45, 2.75) is 32.4 Å². The van der Waals surface area contributed by atoms with Gasteiger partial charge in [-0.15, -0.1) is 0 Å². The number of alkyl halides is 3. The maximum Gasteiger partial charge on any atom is 0.416 e. The third kappa shape index (κ3) is 2.88. The predicted molar refractivity (Wildman–Crippen MR) is 54.6 cm³/mol. The van der Waals surface area contributed by atoms with Crippen LogP contribution >= 0.6 is 0 Å². The lowest BCUT2D eigenvalue weighted by Crippen LogP contribution is -2.14. The number of halogens is 3. The molecule has 0 aromatic heterocycles. The molecule has 2 N–H and O–H groups in total. The van der Waals surface area contributed by atoms with Gasteiger partial charge in [0.05, 0.1) is 5.56 Å². The monoisotopic (exact) mass is 217 g/mol. The molecule has 0 saturated heterocycles. The molecular formula is C11H14F3N. The molecule has 0 radical (unpaired) electrons. The molecule has 0 aliphatic carbocycles. The Labute approximate surface area is 87.1 Å². The largest absolute Gasteiger partial charge is 0.416 e. The molecule has 1 aromatic carbocycles. The SMILES string of the molecule is CC(C)(C)c1cc(N)cc(C(F)(F)F)c1. The summed E-state index contributed by atoms with van der Waals surface area (Å²) < 4.78 is 37.4. The van der Waals surface area contributed by atoms with Crippen molar-refractivity contribution in [1.82, 2.24) is 0 Å². The number of hydrogen-bond donors (Lipinski definition) is 1. The van der Waals surface area contributed by atoms with Crippen LogP contribution in [-0.4, -0.2) is 0 Å². The summed E-state index contributed by atoms with van der Waals surface area (Å²) in [6.07, 6.45) is -4.34. The van der Waals surface area contributed by atoms with Crippen LogP contribution in [0.3, 0.4) is 0 Å². The lowest BCUT2D eigenvalue weighted by atomic mass is 9.86. The second-order valence-corrected chi connectivity index (χ2v) is 4.59. The minimum absolute atomic E-state index is 0.148. The summed E-state index contributed by atoms with van der Waals surface area (Å²) in [5, 5.41) is 0. The zero-order valence-electron chi connectivity index (χ0n) is 8.94. The van der Waals surface area contributed by atoms with E-state index in [-0.39, 0.29) is 11.1 Å². The van der Waals surface area contributed by atoms with Gasteiger partial charge in [-0.1, -0.05) is 20.8 Å². The van der Waals surface area contributed by atoms with Gasteiger partial charge in [0.25, 0.3) is 0 Å². The number of hydrogen-bond acceptors (Lipinski definition) is 1. The number of rotatable bonds is 0. The van der Waals surface area contributed by atoms with Gasteiger partial charge in [-0.2, -0.15) is 13.2 Å². The highest BCUT2D eigenvalue weighted by atomic mass is 19.4. The van der Waals surface area contributed by atoms with E-state index >= 15 is 0 Å². The van der Waals surface area contributed by atoms with Gasteiger partial charge in [-0.3, -0.25) is 0 Å². The van der Waals surface area contributed by atoms with Crippen molar-refractivity contribution in [3.05, 3.63) is 29.3 Å². The van der Waals surface area contributed by atoms with Crippen LogP contribution in [-0.2, 0) is 11.6 Å². The summed E-state index contributed by atoms with van der Waals surface area (Å²) in [6.45, 7) is 5.55. The van der Waals surface area contributed by atoms with E-state index in [2.05, 4.69) is 0 Å². The molecule has 84 valence electrons. The standard InChI is InChI=1S/C11H14F3N/c1-10(2,3)7-4-8(11(12,13)14)6-9(15)5-7/h4-6H,15H2,1-3H3. The Kier molecular flexibility index (Phi) is 2.72. The van der Waals surface area contributed by atoms with Crippen molar-refractivity contribution in [2.75, 3.05) is 5.73 Å². The molecular weight excluding hydrogens is 203 g/mol. The van der Waals surface area contributed by atoms with Gasteiger partial charge < -0.3 is 5.73 Å². The summed E-state index contributed by atoms with van der Waals surface area (Å²) >= 11 is 0. The molecule has 0 aliphatic heterocycles. The average molecular weight is 217 g/mol. The third-order valence-corrected chi connectivity index (χ3v) is 2.15. The van der Waals surface area contributed by atoms with E-state index in [4.69, 9.17) is 5.73 Å². The molecule has 0 bridgehead atoms. The highest BCUT2D eigenvalue weighted by Crippen LogP contribution is 2.34. The summed E-state index contributed by atoms with van der Waals surface area (Å²) in [5.74, 6) is 0. The maximum absolute atomic E-state index is 12.5. The van der Waals surface area contributed by atoms with Crippen molar-refractivity contribution < 1.29 is 13.2 Å². The highest BCUT2D eigenvalue weighted by molar-refractivity contribution is 5.47. The Balaban J connectivity index is 3.30. The van der Waals surface area contributed by atoms with Crippen LogP contribution in [0.5, 0.6) is 0 Å². The number of nitrogens with two attached hydrogens (primary N) is 1. The molecule has 0 spiro atoms. The van der Waals surface area contributed by atoms with Gasteiger partial charge in [-0.05, 0) is 29.2 Å². The zero-order chi connectivity index (χ0) is 11.9. The Morgan fingerprint density at radius 1 is 0.933 bits per heavy atom. The van der Waals surface area contributed by atoms with Crippen LogP contribution in [0.4, 0.5) is 18.9 Å². The first-order valence-electron chi connectivity index (χ1n) is 4.59. The minimum atomic E-state index is -4.34. The molecule has 0 fully saturated rings. The molecule has 15 heavy (non-hydrogen) atoms. The third-order valence-electron chi connectivity index (χ3n) is 2.15. The summed E-state index contributed by atoms with van der Waals surface area (Å²) in [4.78, 5) is 0. The lowest BCUT2D eigenvalue weighted by Gasteiger charge is -2.21. The van der Waals surface area contributed by atoms with Gasteiger partial charge in [0.2, 0.25) is 0 Å². The molecule has 0 heterocycles. The fourth-order valence-corrected chi connectivity index (χ4v) is 1.25. The Morgan fingerprint density at radius 3 is 1.80 bits per heavy atom. The molecule has 0 aliphatic rings. The normalized spacial score (nSPS) is 12.9. The molecule has 1 nitrogen and oxygen atoms in total. The average Bonchev–Trinajstić information content (AvgIpc) is 1.99. The first-order valence-corrected chi connectivity index (χ1v) is 4.59. The zero-order valence-corrected chi connectivity index (χ0v) is 8.94. The van der Waals surface area contributed by atoms with E-state index < -0.39 is 11.7 Å². The van der Waals surface area contributed by atoms with E-state index in [1.807, 2.05) is 20.8 Å². The van der Waals surface area contributed by atoms with Crippen LogP contribution in [0.1, 0.15) is 31.9 Å². The van der Waals surface area contributed by atoms with E-state index in [0.717, 1.165) is 12.1 Å². The van der Waals surface area contributed by atoms with Crippen molar-refractivity contribution in [3.8, 4) is 0 Å². The Bertz CT molecular complexity index is 329. The van der Waals surface area contributed by atoms with E-state index in [0.29, 0.717) is 5.56 Å². The molecule has 0 atom stereocenters. The van der Waals surface area contributed by atoms with Crippen LogP contribution in [0, 0.1) is 0 Å². The Hall–Kier alpha value is -1.19. The second-order valence-electron chi connectivity index (χ2n) is 4.59. The van der Waals surface area contributed by atoms with Crippen molar-refractivity contribution in [3.63, 3.8) is 0 Å². The van der Waals surface area contributed by atoms with Crippen LogP contribution in [0.2, 0.25) is 0 Å². The summed E-state index contributed by atoms with van der Waals surface area (Å²) in [5.41, 5.74) is 5.17. The first-order chi connectivity index (χ1) is 6.60. The predicted octanol–water partition coefficient (Wildman–Crippen LogP) is 3.59. The summed E-state index contributed by atoms with van der Waals surface area (Å²) in [7, 11) is 0. The van der Waals surface area contributed by atoms with Gasteiger partial charge in [0.15, 0.2) is 0 Å². The van der Waals surface area contributed by atoms with Gasteiger partial charge in [-0.25, -0.2) is 0 Å². The maximum atomic E-state index is 12.5. The second kappa shape index (κ2) is 3.43. The Morgan fingerprint density at radius 2 is 1.40 bits per heavy atom.